The molecule has 2 saturated heterocycles. The number of carboxylic acids is 1. The van der Waals surface area contributed by atoms with Crippen LogP contribution in [0.1, 0.15) is 12.8 Å². The Morgan fingerprint density at radius 1 is 1.46 bits per heavy atom. The number of rotatable bonds is 1. The van der Waals surface area contributed by atoms with Gasteiger partial charge in [0.05, 0.1) is 4.87 Å². The van der Waals surface area contributed by atoms with Gasteiger partial charge in [-0.3, -0.25) is 10.1 Å². The fraction of sp³-hybridized carbons (Fsp3) is 0.875. The monoisotopic (exact) mass is 219 g/mol. The van der Waals surface area contributed by atoms with Crippen LogP contribution in [0, 0.1) is 0 Å². The fourth-order valence-corrected chi connectivity index (χ4v) is 4.64. The maximum Gasteiger partial charge on any atom is 0.321 e. The highest BCUT2D eigenvalue weighted by molar-refractivity contribution is 8.01. The molecule has 13 heavy (non-hydrogen) atoms. The predicted molar refractivity (Wildman–Crippen MR) is 56.3 cm³/mol. The summed E-state index contributed by atoms with van der Waals surface area (Å²) in [6.45, 7) is 0. The zero-order chi connectivity index (χ0) is 9.31. The van der Waals surface area contributed by atoms with Gasteiger partial charge in [-0.2, -0.15) is 11.8 Å². The molecular formula is C8H13NO2S2. The molecular weight excluding hydrogens is 206 g/mol. The predicted octanol–water partition coefficient (Wildman–Crippen LogP) is 0.999. The Morgan fingerprint density at radius 2 is 2.15 bits per heavy atom. The lowest BCUT2D eigenvalue weighted by molar-refractivity contribution is -0.138. The van der Waals surface area contributed by atoms with E-state index in [1.807, 2.05) is 11.8 Å². The van der Waals surface area contributed by atoms with E-state index < -0.39 is 5.97 Å². The molecule has 2 fully saturated rings. The minimum Gasteiger partial charge on any atom is -0.480 e. The second-order valence-corrected chi connectivity index (χ2v) is 6.08. The molecule has 0 aromatic rings. The summed E-state index contributed by atoms with van der Waals surface area (Å²) < 4.78 is 0. The van der Waals surface area contributed by atoms with Crippen LogP contribution in [0.4, 0.5) is 0 Å². The van der Waals surface area contributed by atoms with Gasteiger partial charge in [0.25, 0.3) is 0 Å². The van der Waals surface area contributed by atoms with Crippen LogP contribution in [-0.2, 0) is 4.79 Å². The van der Waals surface area contributed by atoms with E-state index in [2.05, 4.69) is 5.32 Å². The first-order chi connectivity index (χ1) is 6.22. The second-order valence-electron chi connectivity index (χ2n) is 3.45. The highest BCUT2D eigenvalue weighted by Crippen LogP contribution is 2.41. The third kappa shape index (κ3) is 1.97. The molecule has 0 saturated carbocycles. The number of thioether (sulfide) groups is 2. The molecule has 1 unspecified atom stereocenters. The topological polar surface area (TPSA) is 49.3 Å². The minimum absolute atomic E-state index is 0.0916. The molecule has 1 atom stereocenters. The van der Waals surface area contributed by atoms with E-state index in [1.54, 1.807) is 11.8 Å². The Kier molecular flexibility index (Phi) is 2.76. The second kappa shape index (κ2) is 3.71. The van der Waals surface area contributed by atoms with Crippen LogP contribution in [0.2, 0.25) is 0 Å². The van der Waals surface area contributed by atoms with Crippen molar-refractivity contribution in [3.8, 4) is 0 Å². The maximum atomic E-state index is 10.7. The van der Waals surface area contributed by atoms with Crippen molar-refractivity contribution in [3.63, 3.8) is 0 Å². The largest absolute Gasteiger partial charge is 0.480 e. The number of carboxylic acid groups (broad SMARTS) is 1. The molecule has 0 aromatic heterocycles. The van der Waals surface area contributed by atoms with Crippen LogP contribution in [0.3, 0.4) is 0 Å². The van der Waals surface area contributed by atoms with E-state index in [4.69, 9.17) is 5.11 Å². The van der Waals surface area contributed by atoms with Crippen LogP contribution in [0.25, 0.3) is 0 Å². The Hall–Kier alpha value is 0.130. The molecule has 0 radical (unpaired) electrons. The van der Waals surface area contributed by atoms with Crippen LogP contribution in [-0.4, -0.2) is 39.2 Å². The highest BCUT2D eigenvalue weighted by atomic mass is 32.2. The van der Waals surface area contributed by atoms with Crippen molar-refractivity contribution in [2.24, 2.45) is 0 Å². The van der Waals surface area contributed by atoms with Gasteiger partial charge in [-0.1, -0.05) is 0 Å². The molecule has 2 N–H and O–H groups in total. The fourth-order valence-electron chi connectivity index (χ4n) is 1.77. The molecule has 0 aliphatic carbocycles. The number of hydrogen-bond acceptors (Lipinski definition) is 4. The van der Waals surface area contributed by atoms with Crippen LogP contribution < -0.4 is 5.32 Å². The first-order valence-electron chi connectivity index (χ1n) is 4.44. The van der Waals surface area contributed by atoms with E-state index >= 15 is 0 Å². The van der Waals surface area contributed by atoms with Crippen molar-refractivity contribution in [1.29, 1.82) is 0 Å². The molecule has 2 heterocycles. The molecule has 2 aliphatic heterocycles. The zero-order valence-electron chi connectivity index (χ0n) is 7.28. The summed E-state index contributed by atoms with van der Waals surface area (Å²) in [7, 11) is 0. The third-order valence-electron chi connectivity index (χ3n) is 2.56. The van der Waals surface area contributed by atoms with Crippen molar-refractivity contribution in [1.82, 2.24) is 5.32 Å². The van der Waals surface area contributed by atoms with Gasteiger partial charge in [0.15, 0.2) is 0 Å². The molecule has 0 aromatic carbocycles. The smallest absolute Gasteiger partial charge is 0.321 e. The number of hydrogen-bond donors (Lipinski definition) is 2. The van der Waals surface area contributed by atoms with Gasteiger partial charge in [-0.15, -0.1) is 11.8 Å². The molecule has 2 aliphatic rings. The molecule has 1 spiro atoms. The quantitative estimate of drug-likeness (QED) is 0.689. The summed E-state index contributed by atoms with van der Waals surface area (Å²) >= 11 is 3.76. The van der Waals surface area contributed by atoms with Crippen LogP contribution in [0.5, 0.6) is 0 Å². The highest BCUT2D eigenvalue weighted by Gasteiger charge is 2.42. The summed E-state index contributed by atoms with van der Waals surface area (Å²) in [6.07, 6.45) is 2.21. The molecule has 2 rings (SSSR count). The summed E-state index contributed by atoms with van der Waals surface area (Å²) in [4.78, 5) is 10.8. The van der Waals surface area contributed by atoms with Gasteiger partial charge in [-0.25, -0.2) is 0 Å². The summed E-state index contributed by atoms with van der Waals surface area (Å²) in [6, 6.07) is -0.326. The molecule has 74 valence electrons. The Morgan fingerprint density at radius 3 is 2.69 bits per heavy atom. The SMILES string of the molecule is O=C(O)C1CSC2(CCSCC2)N1. The van der Waals surface area contributed by atoms with Crippen molar-refractivity contribution < 1.29 is 9.90 Å². The van der Waals surface area contributed by atoms with Gasteiger partial charge in [0, 0.05) is 5.75 Å². The lowest BCUT2D eigenvalue weighted by atomic mass is 10.1. The van der Waals surface area contributed by atoms with Crippen molar-refractivity contribution in [2.45, 2.75) is 23.8 Å². The van der Waals surface area contributed by atoms with Crippen LogP contribution in [0.15, 0.2) is 0 Å². The van der Waals surface area contributed by atoms with Crippen molar-refractivity contribution in [3.05, 3.63) is 0 Å². The molecule has 0 bridgehead atoms. The lowest BCUT2D eigenvalue weighted by Crippen LogP contribution is -2.47. The van der Waals surface area contributed by atoms with E-state index in [1.165, 1.54) is 0 Å². The van der Waals surface area contributed by atoms with Crippen LogP contribution >= 0.6 is 23.5 Å². The van der Waals surface area contributed by atoms with Gasteiger partial charge >= 0.3 is 5.97 Å². The van der Waals surface area contributed by atoms with E-state index in [0.29, 0.717) is 0 Å². The van der Waals surface area contributed by atoms with Gasteiger partial charge in [-0.05, 0) is 24.3 Å². The first kappa shape index (κ1) is 9.68. The van der Waals surface area contributed by atoms with E-state index in [0.717, 1.165) is 30.1 Å². The number of carbonyl (C=O) groups is 1. The Balaban J connectivity index is 1.98. The Labute approximate surface area is 86.0 Å². The van der Waals surface area contributed by atoms with Crippen molar-refractivity contribution >= 4 is 29.5 Å². The average Bonchev–Trinajstić information content (AvgIpc) is 2.51. The molecule has 3 nitrogen and oxygen atoms in total. The standard InChI is InChI=1S/C8H13NO2S2/c10-7(11)6-5-13-8(9-6)1-3-12-4-2-8/h6,9H,1-5H2,(H,10,11). The Bertz CT molecular complexity index is 216. The van der Waals surface area contributed by atoms with E-state index in [-0.39, 0.29) is 10.9 Å². The molecule has 5 heteroatoms. The average molecular weight is 219 g/mol. The zero-order valence-corrected chi connectivity index (χ0v) is 8.92. The first-order valence-corrected chi connectivity index (χ1v) is 6.58. The summed E-state index contributed by atoms with van der Waals surface area (Å²) in [5.74, 6) is 2.33. The van der Waals surface area contributed by atoms with E-state index in [9.17, 15) is 4.79 Å². The van der Waals surface area contributed by atoms with Gasteiger partial charge < -0.3 is 5.11 Å². The normalized spacial score (nSPS) is 32.2. The molecule has 0 amide bonds. The third-order valence-corrected chi connectivity index (χ3v) is 5.13. The van der Waals surface area contributed by atoms with Gasteiger partial charge in [0.1, 0.15) is 6.04 Å². The maximum absolute atomic E-state index is 10.7. The number of nitrogens with one attached hydrogen (secondary N) is 1. The summed E-state index contributed by atoms with van der Waals surface area (Å²) in [5.41, 5.74) is 0. The number of aliphatic carboxylic acids is 1. The summed E-state index contributed by atoms with van der Waals surface area (Å²) in [5, 5.41) is 12.1. The van der Waals surface area contributed by atoms with Gasteiger partial charge in [0.2, 0.25) is 0 Å². The lowest BCUT2D eigenvalue weighted by Gasteiger charge is -2.32. The minimum atomic E-state index is -0.706. The van der Waals surface area contributed by atoms with Crippen molar-refractivity contribution in [2.75, 3.05) is 17.3 Å².